The minimum absolute atomic E-state index is 0.286. The molecule has 1 atom stereocenters. The molecular weight excluding hydrogens is 209 g/mol. The van der Waals surface area contributed by atoms with Crippen molar-refractivity contribution >= 4 is 11.5 Å². The van der Waals surface area contributed by atoms with Crippen molar-refractivity contribution in [2.24, 2.45) is 7.05 Å². The van der Waals surface area contributed by atoms with Crippen molar-refractivity contribution in [2.75, 3.05) is 11.1 Å². The third-order valence-corrected chi connectivity index (χ3v) is 1.78. The Kier molecular flexibility index (Phi) is 3.11. The molecule has 0 aromatic carbocycles. The van der Waals surface area contributed by atoms with E-state index in [1.165, 1.54) is 17.8 Å². The number of nitrogens with one attached hydrogen (secondary N) is 1. The fraction of sp³-hybridized carbons (Fsp3) is 0.625. The second-order valence-electron chi connectivity index (χ2n) is 3.47. The van der Waals surface area contributed by atoms with Crippen LogP contribution in [0.3, 0.4) is 0 Å². The molecule has 1 aromatic rings. The lowest BCUT2D eigenvalue weighted by molar-refractivity contribution is -0.136. The van der Waals surface area contributed by atoms with E-state index in [1.54, 1.807) is 7.05 Å². The van der Waals surface area contributed by atoms with Crippen molar-refractivity contribution in [3.8, 4) is 0 Å². The van der Waals surface area contributed by atoms with Crippen LogP contribution in [0.15, 0.2) is 6.20 Å². The number of nitrogen functional groups attached to an aromatic ring is 1. The normalized spacial score (nSPS) is 13.9. The predicted octanol–water partition coefficient (Wildman–Crippen LogP) is 1.76. The summed E-state index contributed by atoms with van der Waals surface area (Å²) in [6.07, 6.45) is -3.57. The monoisotopic (exact) mass is 222 g/mol. The van der Waals surface area contributed by atoms with E-state index in [2.05, 4.69) is 10.4 Å². The van der Waals surface area contributed by atoms with Crippen LogP contribution in [0.2, 0.25) is 0 Å². The maximum atomic E-state index is 12.0. The lowest BCUT2D eigenvalue weighted by atomic mass is 10.2. The van der Waals surface area contributed by atoms with Crippen LogP contribution in [0.5, 0.6) is 0 Å². The Balaban J connectivity index is 2.58. The van der Waals surface area contributed by atoms with Gasteiger partial charge < -0.3 is 11.1 Å². The van der Waals surface area contributed by atoms with Gasteiger partial charge in [-0.3, -0.25) is 4.68 Å². The average Bonchev–Trinajstić information content (AvgIpc) is 2.25. The zero-order chi connectivity index (χ0) is 11.6. The molecule has 4 nitrogen and oxygen atoms in total. The van der Waals surface area contributed by atoms with Crippen molar-refractivity contribution in [3.63, 3.8) is 0 Å². The number of halogens is 3. The maximum absolute atomic E-state index is 12.0. The number of nitrogens with two attached hydrogens (primary N) is 1. The molecule has 0 spiro atoms. The number of aryl methyl sites for hydroxylation is 1. The molecule has 15 heavy (non-hydrogen) atoms. The summed E-state index contributed by atoms with van der Waals surface area (Å²) in [5.74, 6) is 0.286. The first-order valence-electron chi connectivity index (χ1n) is 4.40. The summed E-state index contributed by atoms with van der Waals surface area (Å²) >= 11 is 0. The molecule has 0 saturated carbocycles. The number of hydrogen-bond acceptors (Lipinski definition) is 3. The molecule has 0 fully saturated rings. The SMILES string of the molecule is CC(CC(F)(F)F)Nc1nn(C)cc1N. The minimum Gasteiger partial charge on any atom is -0.394 e. The highest BCUT2D eigenvalue weighted by atomic mass is 19.4. The summed E-state index contributed by atoms with van der Waals surface area (Å²) in [6.45, 7) is 1.43. The summed E-state index contributed by atoms with van der Waals surface area (Å²) < 4.78 is 37.5. The molecule has 0 amide bonds. The molecule has 3 N–H and O–H groups in total. The Morgan fingerprint density at radius 1 is 1.60 bits per heavy atom. The highest BCUT2D eigenvalue weighted by Gasteiger charge is 2.30. The van der Waals surface area contributed by atoms with Gasteiger partial charge in [-0.2, -0.15) is 18.3 Å². The molecule has 0 bridgehead atoms. The smallest absolute Gasteiger partial charge is 0.391 e. The summed E-state index contributed by atoms with van der Waals surface area (Å²) in [5, 5.41) is 6.50. The summed E-state index contributed by atoms with van der Waals surface area (Å²) in [7, 11) is 1.65. The van der Waals surface area contributed by atoms with Gasteiger partial charge in [0, 0.05) is 19.3 Å². The molecule has 1 rings (SSSR count). The fourth-order valence-electron chi connectivity index (χ4n) is 1.25. The van der Waals surface area contributed by atoms with Crippen LogP contribution in [0.25, 0.3) is 0 Å². The molecule has 7 heteroatoms. The quantitative estimate of drug-likeness (QED) is 0.819. The van der Waals surface area contributed by atoms with Gasteiger partial charge in [0.05, 0.1) is 12.1 Å². The van der Waals surface area contributed by atoms with Crippen LogP contribution in [0.4, 0.5) is 24.7 Å². The Labute approximate surface area is 85.2 Å². The number of aromatic nitrogens is 2. The van der Waals surface area contributed by atoms with Crippen LogP contribution in [-0.4, -0.2) is 22.0 Å². The molecule has 0 aliphatic rings. The summed E-state index contributed by atoms with van der Waals surface area (Å²) in [4.78, 5) is 0. The molecule has 86 valence electrons. The van der Waals surface area contributed by atoms with E-state index < -0.39 is 18.6 Å². The summed E-state index contributed by atoms with van der Waals surface area (Å²) in [5.41, 5.74) is 5.87. The number of anilines is 2. The van der Waals surface area contributed by atoms with Gasteiger partial charge in [-0.15, -0.1) is 0 Å². The molecule has 0 aliphatic heterocycles. The van der Waals surface area contributed by atoms with E-state index in [0.717, 1.165) is 0 Å². The topological polar surface area (TPSA) is 55.9 Å². The van der Waals surface area contributed by atoms with E-state index >= 15 is 0 Å². The largest absolute Gasteiger partial charge is 0.394 e. The van der Waals surface area contributed by atoms with Gasteiger partial charge in [0.2, 0.25) is 0 Å². The minimum atomic E-state index is -4.18. The molecule has 1 unspecified atom stereocenters. The van der Waals surface area contributed by atoms with Crippen LogP contribution < -0.4 is 11.1 Å². The average molecular weight is 222 g/mol. The molecular formula is C8H13F3N4. The number of nitrogens with zero attached hydrogens (tertiary/aromatic N) is 2. The van der Waals surface area contributed by atoms with E-state index in [-0.39, 0.29) is 5.82 Å². The van der Waals surface area contributed by atoms with Gasteiger partial charge >= 0.3 is 6.18 Å². The second kappa shape index (κ2) is 4.00. The van der Waals surface area contributed by atoms with Crippen molar-refractivity contribution in [2.45, 2.75) is 25.6 Å². The van der Waals surface area contributed by atoms with E-state index in [9.17, 15) is 13.2 Å². The zero-order valence-corrected chi connectivity index (χ0v) is 8.47. The van der Waals surface area contributed by atoms with Gasteiger partial charge in [0.15, 0.2) is 5.82 Å². The van der Waals surface area contributed by atoms with Crippen molar-refractivity contribution in [1.29, 1.82) is 0 Å². The predicted molar refractivity (Wildman–Crippen MR) is 51.4 cm³/mol. The van der Waals surface area contributed by atoms with Crippen LogP contribution in [0.1, 0.15) is 13.3 Å². The molecule has 0 radical (unpaired) electrons. The highest BCUT2D eigenvalue weighted by molar-refractivity contribution is 5.60. The summed E-state index contributed by atoms with van der Waals surface area (Å²) in [6, 6.07) is -0.748. The number of rotatable bonds is 3. The first-order chi connectivity index (χ1) is 6.78. The first kappa shape index (κ1) is 11.7. The van der Waals surface area contributed by atoms with Gasteiger partial charge in [-0.05, 0) is 6.92 Å². The Hall–Kier alpha value is -1.40. The molecule has 1 heterocycles. The zero-order valence-electron chi connectivity index (χ0n) is 8.47. The van der Waals surface area contributed by atoms with Gasteiger partial charge in [-0.25, -0.2) is 0 Å². The lowest BCUT2D eigenvalue weighted by Gasteiger charge is -2.15. The van der Waals surface area contributed by atoms with Gasteiger partial charge in [0.1, 0.15) is 0 Å². The first-order valence-corrected chi connectivity index (χ1v) is 4.40. The van der Waals surface area contributed by atoms with E-state index in [4.69, 9.17) is 5.73 Å². The maximum Gasteiger partial charge on any atom is 0.391 e. The van der Waals surface area contributed by atoms with Crippen molar-refractivity contribution < 1.29 is 13.2 Å². The lowest BCUT2D eigenvalue weighted by Crippen LogP contribution is -2.24. The van der Waals surface area contributed by atoms with Crippen molar-refractivity contribution in [3.05, 3.63) is 6.20 Å². The second-order valence-corrected chi connectivity index (χ2v) is 3.47. The number of alkyl halides is 3. The van der Waals surface area contributed by atoms with Crippen molar-refractivity contribution in [1.82, 2.24) is 9.78 Å². The molecule has 1 aromatic heterocycles. The Morgan fingerprint density at radius 3 is 2.60 bits per heavy atom. The standard InChI is InChI=1S/C8H13F3N4/c1-5(3-8(9,10)11)13-7-6(12)4-15(2)14-7/h4-5H,3,12H2,1-2H3,(H,13,14). The van der Waals surface area contributed by atoms with Gasteiger partial charge in [0.25, 0.3) is 0 Å². The highest BCUT2D eigenvalue weighted by Crippen LogP contribution is 2.24. The van der Waals surface area contributed by atoms with E-state index in [0.29, 0.717) is 5.69 Å². The van der Waals surface area contributed by atoms with Crippen LogP contribution in [-0.2, 0) is 7.05 Å². The van der Waals surface area contributed by atoms with Crippen LogP contribution >= 0.6 is 0 Å². The van der Waals surface area contributed by atoms with Crippen LogP contribution in [0, 0.1) is 0 Å². The number of hydrogen-bond donors (Lipinski definition) is 2. The Morgan fingerprint density at radius 2 is 2.20 bits per heavy atom. The fourth-order valence-corrected chi connectivity index (χ4v) is 1.25. The molecule has 0 aliphatic carbocycles. The molecule has 0 saturated heterocycles. The van der Waals surface area contributed by atoms with E-state index in [1.807, 2.05) is 0 Å². The van der Waals surface area contributed by atoms with Gasteiger partial charge in [-0.1, -0.05) is 0 Å². The Bertz CT molecular complexity index is 331. The third kappa shape index (κ3) is 3.69. The third-order valence-electron chi connectivity index (χ3n) is 1.78.